The van der Waals surface area contributed by atoms with E-state index in [9.17, 15) is 9.90 Å². The molecule has 0 aromatic heterocycles. The zero-order valence-electron chi connectivity index (χ0n) is 15.6. The van der Waals surface area contributed by atoms with E-state index < -0.39 is 11.7 Å². The molecular weight excluding hydrogens is 318 g/mol. The second-order valence-corrected chi connectivity index (χ2v) is 7.63. The quantitative estimate of drug-likeness (QED) is 0.762. The van der Waals surface area contributed by atoms with Gasteiger partial charge in [0.15, 0.2) is 0 Å². The number of aliphatic hydroxyl groups excluding tert-OH is 1. The second-order valence-electron chi connectivity index (χ2n) is 7.63. The third-order valence-electron chi connectivity index (χ3n) is 4.29. The highest BCUT2D eigenvalue weighted by molar-refractivity contribution is 5.69. The Labute approximate surface area is 150 Å². The zero-order chi connectivity index (χ0) is 18.3. The number of nitrogens with zero attached hydrogens (tertiary/aromatic N) is 1. The monoisotopic (exact) mass is 349 g/mol. The molecule has 0 aliphatic carbocycles. The molecule has 25 heavy (non-hydrogen) atoms. The Morgan fingerprint density at radius 3 is 2.64 bits per heavy atom. The lowest BCUT2D eigenvalue weighted by Gasteiger charge is -2.29. The van der Waals surface area contributed by atoms with Crippen LogP contribution >= 0.6 is 0 Å². The molecule has 1 heterocycles. The average Bonchev–Trinajstić information content (AvgIpc) is 2.91. The maximum absolute atomic E-state index is 12.3. The summed E-state index contributed by atoms with van der Waals surface area (Å²) in [6, 6.07) is 9.95. The molecule has 1 aliphatic rings. The molecule has 0 bridgehead atoms. The fraction of sp³-hybridized carbons (Fsp3) is 0.650. The summed E-state index contributed by atoms with van der Waals surface area (Å²) in [5, 5.41) is 10.2. The minimum Gasteiger partial charge on any atom is -0.444 e. The first kappa shape index (κ1) is 19.7. The molecule has 1 N–H and O–H groups in total. The number of ether oxygens (including phenoxy) is 2. The van der Waals surface area contributed by atoms with Crippen molar-refractivity contribution in [2.24, 2.45) is 0 Å². The van der Waals surface area contributed by atoms with E-state index in [-0.39, 0.29) is 12.1 Å². The number of carbonyl (C=O) groups is 1. The molecule has 5 nitrogen and oxygen atoms in total. The Morgan fingerprint density at radius 2 is 1.96 bits per heavy atom. The minimum atomic E-state index is -0.513. The molecule has 1 aromatic carbocycles. The highest BCUT2D eigenvalue weighted by Gasteiger charge is 2.37. The van der Waals surface area contributed by atoms with Crippen molar-refractivity contribution in [1.82, 2.24) is 4.90 Å². The molecule has 5 heteroatoms. The first-order chi connectivity index (χ1) is 11.9. The molecule has 0 saturated carbocycles. The molecule has 1 aromatic rings. The number of amides is 1. The summed E-state index contributed by atoms with van der Waals surface area (Å²) in [5.74, 6) is 0. The number of hydrogen-bond acceptors (Lipinski definition) is 4. The summed E-state index contributed by atoms with van der Waals surface area (Å²) in [6.07, 6.45) is 2.43. The van der Waals surface area contributed by atoms with Crippen molar-refractivity contribution in [3.8, 4) is 0 Å². The number of aliphatic hydroxyl groups is 1. The lowest BCUT2D eigenvalue weighted by Crippen LogP contribution is -2.42. The Bertz CT molecular complexity index is 526. The van der Waals surface area contributed by atoms with Crippen molar-refractivity contribution in [3.63, 3.8) is 0 Å². The number of rotatable bonds is 7. The smallest absolute Gasteiger partial charge is 0.410 e. The molecule has 2 atom stereocenters. The molecule has 1 amide bonds. The van der Waals surface area contributed by atoms with E-state index in [1.807, 2.05) is 51.1 Å². The van der Waals surface area contributed by atoms with Crippen molar-refractivity contribution in [3.05, 3.63) is 35.9 Å². The van der Waals surface area contributed by atoms with Gasteiger partial charge in [-0.2, -0.15) is 0 Å². The highest BCUT2D eigenvalue weighted by atomic mass is 16.6. The summed E-state index contributed by atoms with van der Waals surface area (Å²) in [4.78, 5) is 14.0. The van der Waals surface area contributed by atoms with E-state index in [2.05, 4.69) is 0 Å². The molecule has 140 valence electrons. The van der Waals surface area contributed by atoms with Crippen LogP contribution in [0.25, 0.3) is 0 Å². The van der Waals surface area contributed by atoms with Crippen LogP contribution in [0.1, 0.15) is 52.0 Å². The van der Waals surface area contributed by atoms with E-state index in [0.29, 0.717) is 26.2 Å². The van der Waals surface area contributed by atoms with Gasteiger partial charge in [-0.3, -0.25) is 0 Å². The predicted octanol–water partition coefficient (Wildman–Crippen LogP) is 3.74. The van der Waals surface area contributed by atoms with Gasteiger partial charge in [-0.15, -0.1) is 0 Å². The summed E-state index contributed by atoms with van der Waals surface area (Å²) in [7, 11) is 0. The van der Waals surface area contributed by atoms with E-state index >= 15 is 0 Å². The Morgan fingerprint density at radius 1 is 1.24 bits per heavy atom. The van der Waals surface area contributed by atoms with Crippen molar-refractivity contribution in [1.29, 1.82) is 0 Å². The number of carbonyl (C=O) groups excluding carboxylic acids is 1. The minimum absolute atomic E-state index is 0.149. The third-order valence-corrected chi connectivity index (χ3v) is 4.29. The predicted molar refractivity (Wildman–Crippen MR) is 97.3 cm³/mol. The van der Waals surface area contributed by atoms with Crippen LogP contribution in [-0.2, 0) is 16.1 Å². The molecule has 1 saturated heterocycles. The standard InChI is InChI=1S/C20H31NO4/c1-20(2,3)25-19(23)21-13-12-18(22)17(21)11-7-8-14-24-15-16-9-5-4-6-10-16/h4-6,9-10,17-18,22H,7-8,11-15H2,1-3H3. The van der Waals surface area contributed by atoms with Gasteiger partial charge in [0.2, 0.25) is 0 Å². The lowest BCUT2D eigenvalue weighted by atomic mass is 10.1. The van der Waals surface area contributed by atoms with Crippen LogP contribution in [0.15, 0.2) is 30.3 Å². The van der Waals surface area contributed by atoms with Gasteiger partial charge in [0, 0.05) is 13.2 Å². The number of hydrogen-bond donors (Lipinski definition) is 1. The van der Waals surface area contributed by atoms with E-state index in [4.69, 9.17) is 9.47 Å². The number of benzene rings is 1. The Hall–Kier alpha value is -1.59. The Kier molecular flexibility index (Phi) is 7.26. The lowest BCUT2D eigenvalue weighted by molar-refractivity contribution is 0.0138. The normalized spacial score (nSPS) is 20.7. The van der Waals surface area contributed by atoms with Gasteiger partial charge >= 0.3 is 6.09 Å². The maximum atomic E-state index is 12.3. The van der Waals surface area contributed by atoms with Gasteiger partial charge in [-0.25, -0.2) is 4.79 Å². The third kappa shape index (κ3) is 6.67. The molecule has 2 unspecified atom stereocenters. The largest absolute Gasteiger partial charge is 0.444 e. The van der Waals surface area contributed by atoms with Gasteiger partial charge in [0.1, 0.15) is 5.60 Å². The maximum Gasteiger partial charge on any atom is 0.410 e. The van der Waals surface area contributed by atoms with Crippen molar-refractivity contribution in [2.75, 3.05) is 13.2 Å². The first-order valence-corrected chi connectivity index (χ1v) is 9.16. The van der Waals surface area contributed by atoms with Crippen LogP contribution in [0.2, 0.25) is 0 Å². The van der Waals surface area contributed by atoms with Crippen LogP contribution in [0.3, 0.4) is 0 Å². The number of unbranched alkanes of at least 4 members (excludes halogenated alkanes) is 1. The Balaban J connectivity index is 1.68. The van der Waals surface area contributed by atoms with E-state index in [1.165, 1.54) is 5.56 Å². The average molecular weight is 349 g/mol. The van der Waals surface area contributed by atoms with E-state index in [1.54, 1.807) is 4.90 Å². The van der Waals surface area contributed by atoms with Crippen molar-refractivity contribution < 1.29 is 19.4 Å². The SMILES string of the molecule is CC(C)(C)OC(=O)N1CCC(O)C1CCCCOCc1ccccc1. The first-order valence-electron chi connectivity index (χ1n) is 9.16. The van der Waals surface area contributed by atoms with Crippen LogP contribution < -0.4 is 0 Å². The molecular formula is C20H31NO4. The van der Waals surface area contributed by atoms with Crippen molar-refractivity contribution in [2.45, 2.75) is 70.8 Å². The van der Waals surface area contributed by atoms with Crippen LogP contribution in [0, 0.1) is 0 Å². The summed E-state index contributed by atoms with van der Waals surface area (Å²) < 4.78 is 11.1. The van der Waals surface area contributed by atoms with Gasteiger partial charge in [0.25, 0.3) is 0 Å². The summed E-state index contributed by atoms with van der Waals surface area (Å²) in [6.45, 7) is 7.44. The van der Waals surface area contributed by atoms with Crippen LogP contribution in [0.4, 0.5) is 4.79 Å². The molecule has 1 fully saturated rings. The van der Waals surface area contributed by atoms with Crippen LogP contribution in [0.5, 0.6) is 0 Å². The summed E-state index contributed by atoms with van der Waals surface area (Å²) in [5.41, 5.74) is 0.658. The molecule has 1 aliphatic heterocycles. The molecule has 0 spiro atoms. The summed E-state index contributed by atoms with van der Waals surface area (Å²) >= 11 is 0. The van der Waals surface area contributed by atoms with Gasteiger partial charge < -0.3 is 19.5 Å². The molecule has 0 radical (unpaired) electrons. The fourth-order valence-corrected chi connectivity index (χ4v) is 3.05. The topological polar surface area (TPSA) is 59.0 Å². The van der Waals surface area contributed by atoms with E-state index in [0.717, 1.165) is 19.3 Å². The fourth-order valence-electron chi connectivity index (χ4n) is 3.05. The van der Waals surface area contributed by atoms with Crippen molar-refractivity contribution >= 4 is 6.09 Å². The second kappa shape index (κ2) is 9.20. The van der Waals surface area contributed by atoms with Gasteiger partial charge in [-0.1, -0.05) is 30.3 Å². The molecule has 2 rings (SSSR count). The highest BCUT2D eigenvalue weighted by Crippen LogP contribution is 2.25. The van der Waals surface area contributed by atoms with Gasteiger partial charge in [0.05, 0.1) is 18.8 Å². The number of likely N-dealkylation sites (tertiary alicyclic amines) is 1. The van der Waals surface area contributed by atoms with Crippen LogP contribution in [-0.4, -0.2) is 47.0 Å². The van der Waals surface area contributed by atoms with Gasteiger partial charge in [-0.05, 0) is 52.0 Å². The zero-order valence-corrected chi connectivity index (χ0v) is 15.6.